The fourth-order valence-corrected chi connectivity index (χ4v) is 5.20. The number of carbonyl (C=O) groups is 1. The molecule has 0 spiro atoms. The molecule has 1 aliphatic heterocycles. The maximum absolute atomic E-state index is 12.7. The van der Waals surface area contributed by atoms with E-state index in [4.69, 9.17) is 4.74 Å². The number of benzene rings is 3. The van der Waals surface area contributed by atoms with E-state index in [1.165, 1.54) is 16.7 Å². The smallest absolute Gasteiger partial charge is 0.331 e. The Balaban J connectivity index is 1.88. The second-order valence-electron chi connectivity index (χ2n) is 10.6. The highest BCUT2D eigenvalue weighted by atomic mass is 28.3. The van der Waals surface area contributed by atoms with Gasteiger partial charge in [0, 0.05) is 18.2 Å². The number of rotatable bonds is 7. The summed E-state index contributed by atoms with van der Waals surface area (Å²) in [6.45, 7) is 11.2. The lowest BCUT2D eigenvalue weighted by Crippen LogP contribution is -2.39. The summed E-state index contributed by atoms with van der Waals surface area (Å²) in [4.78, 5) is 15.2. The van der Waals surface area contributed by atoms with E-state index >= 15 is 0 Å². The van der Waals surface area contributed by atoms with Crippen molar-refractivity contribution < 1.29 is 9.53 Å². The first-order valence-corrected chi connectivity index (χ1v) is 16.1. The summed E-state index contributed by atoms with van der Waals surface area (Å²) in [5.74, 6) is 3.08. The van der Waals surface area contributed by atoms with Crippen LogP contribution in [0.25, 0.3) is 0 Å². The van der Waals surface area contributed by atoms with Crippen LogP contribution in [0.15, 0.2) is 103 Å². The molecule has 1 heterocycles. The Kier molecular flexibility index (Phi) is 7.64. The van der Waals surface area contributed by atoms with Crippen LogP contribution in [0.4, 0.5) is 0 Å². The molecule has 0 aliphatic carbocycles. The summed E-state index contributed by atoms with van der Waals surface area (Å²) in [6, 6.07) is 31.9. The van der Waals surface area contributed by atoms with Crippen LogP contribution in [-0.2, 0) is 15.1 Å². The van der Waals surface area contributed by atoms with E-state index in [9.17, 15) is 4.79 Å². The highest BCUT2D eigenvalue weighted by molar-refractivity contribution is 6.83. The van der Waals surface area contributed by atoms with Crippen LogP contribution < -0.4 is 0 Å². The number of hydrogen-bond acceptors (Lipinski definition) is 3. The molecule has 0 bridgehead atoms. The highest BCUT2D eigenvalue weighted by Gasteiger charge is 2.54. The van der Waals surface area contributed by atoms with Crippen molar-refractivity contribution in [2.75, 3.05) is 6.54 Å². The molecule has 0 amide bonds. The van der Waals surface area contributed by atoms with Gasteiger partial charge < -0.3 is 4.74 Å². The first-order valence-electron chi connectivity index (χ1n) is 12.6. The largest absolute Gasteiger partial charge is 0.460 e. The number of carbonyl (C=O) groups excluding carboxylic acids is 1. The van der Waals surface area contributed by atoms with Crippen LogP contribution in [0.2, 0.25) is 19.6 Å². The monoisotopic (exact) mass is 493 g/mol. The van der Waals surface area contributed by atoms with Gasteiger partial charge in [0.25, 0.3) is 0 Å². The van der Waals surface area contributed by atoms with E-state index in [1.807, 2.05) is 13.8 Å². The zero-order valence-electron chi connectivity index (χ0n) is 21.9. The predicted octanol–water partition coefficient (Wildman–Crippen LogP) is 6.42. The molecule has 3 aromatic rings. The highest BCUT2D eigenvalue weighted by Crippen LogP contribution is 2.49. The lowest BCUT2D eigenvalue weighted by molar-refractivity contribution is -0.141. The Bertz CT molecular complexity index is 1170. The summed E-state index contributed by atoms with van der Waals surface area (Å²) in [6.07, 6.45) is 1.44. The van der Waals surface area contributed by atoms with Gasteiger partial charge in [0.2, 0.25) is 0 Å². The molecule has 1 saturated heterocycles. The average Bonchev–Trinajstić information content (AvgIpc) is 3.64. The summed E-state index contributed by atoms with van der Waals surface area (Å²) in [7, 11) is -1.65. The van der Waals surface area contributed by atoms with Crippen molar-refractivity contribution in [3.63, 3.8) is 0 Å². The molecular weight excluding hydrogens is 458 g/mol. The number of ether oxygens (including phenoxy) is 1. The van der Waals surface area contributed by atoms with Crippen molar-refractivity contribution in [3.05, 3.63) is 119 Å². The van der Waals surface area contributed by atoms with Crippen molar-refractivity contribution in [1.82, 2.24) is 4.90 Å². The van der Waals surface area contributed by atoms with E-state index < -0.39 is 13.6 Å². The molecule has 0 aromatic heterocycles. The summed E-state index contributed by atoms with van der Waals surface area (Å²) >= 11 is 0. The quantitative estimate of drug-likeness (QED) is 0.0950. The molecule has 3 nitrogen and oxygen atoms in total. The van der Waals surface area contributed by atoms with Crippen molar-refractivity contribution in [2.24, 2.45) is 0 Å². The topological polar surface area (TPSA) is 29.3 Å². The average molecular weight is 494 g/mol. The molecule has 36 heavy (non-hydrogen) atoms. The van der Waals surface area contributed by atoms with Gasteiger partial charge in [-0.05, 0) is 30.5 Å². The van der Waals surface area contributed by atoms with Crippen molar-refractivity contribution >= 4 is 14.0 Å². The minimum atomic E-state index is -1.65. The van der Waals surface area contributed by atoms with E-state index in [0.29, 0.717) is 0 Å². The van der Waals surface area contributed by atoms with E-state index in [-0.39, 0.29) is 18.1 Å². The molecule has 0 saturated carbocycles. The maximum Gasteiger partial charge on any atom is 0.331 e. The third-order valence-corrected chi connectivity index (χ3v) is 7.06. The third-order valence-electron chi connectivity index (χ3n) is 6.18. The number of hydrogen-bond donors (Lipinski definition) is 0. The molecule has 0 N–H and O–H groups in total. The van der Waals surface area contributed by atoms with E-state index in [0.717, 1.165) is 12.1 Å². The first-order chi connectivity index (χ1) is 17.2. The fourth-order valence-electron chi connectivity index (χ4n) is 4.68. The molecule has 1 fully saturated rings. The standard InChI is InChI=1S/C32H35NO2Si/c1-25(2)35-31(34)23-26(21-22-36(3,4)5)30-24-33(30)32(27-15-9-6-10-16-27,28-17-11-7-12-18-28)29-19-13-8-14-20-29/h6-20,23,25,30H,24H2,1-5H3/b26-23+/t30-,33?/m0/s1. The Hall–Kier alpha value is -3.39. The van der Waals surface area contributed by atoms with Crippen LogP contribution in [0.3, 0.4) is 0 Å². The Labute approximate surface area is 216 Å². The lowest BCUT2D eigenvalue weighted by Gasteiger charge is -2.38. The van der Waals surface area contributed by atoms with Gasteiger partial charge in [-0.15, -0.1) is 5.54 Å². The minimum absolute atomic E-state index is 0.00850. The van der Waals surface area contributed by atoms with Gasteiger partial charge >= 0.3 is 5.97 Å². The van der Waals surface area contributed by atoms with Gasteiger partial charge in [0.1, 0.15) is 8.07 Å². The molecule has 1 unspecified atom stereocenters. The van der Waals surface area contributed by atoms with E-state index in [2.05, 4.69) is 127 Å². The van der Waals surface area contributed by atoms with Gasteiger partial charge in [-0.25, -0.2) is 4.79 Å². The maximum atomic E-state index is 12.7. The fraction of sp³-hybridized carbons (Fsp3) is 0.281. The normalized spacial score (nSPS) is 17.8. The Morgan fingerprint density at radius 2 is 1.33 bits per heavy atom. The van der Waals surface area contributed by atoms with Crippen molar-refractivity contribution in [3.8, 4) is 11.5 Å². The minimum Gasteiger partial charge on any atom is -0.460 e. The zero-order valence-corrected chi connectivity index (χ0v) is 22.9. The molecule has 1 aliphatic rings. The van der Waals surface area contributed by atoms with Crippen LogP contribution >= 0.6 is 0 Å². The Morgan fingerprint density at radius 3 is 1.72 bits per heavy atom. The number of nitrogens with zero attached hydrogens (tertiary/aromatic N) is 1. The van der Waals surface area contributed by atoms with Gasteiger partial charge in [0.05, 0.1) is 17.7 Å². The van der Waals surface area contributed by atoms with Crippen LogP contribution in [0.5, 0.6) is 0 Å². The van der Waals surface area contributed by atoms with Gasteiger partial charge in [-0.1, -0.05) is 117 Å². The molecule has 4 heteroatoms. The summed E-state index contributed by atoms with van der Waals surface area (Å²) in [5.41, 5.74) is 7.35. The van der Waals surface area contributed by atoms with Crippen LogP contribution in [0.1, 0.15) is 30.5 Å². The van der Waals surface area contributed by atoms with Gasteiger partial charge in [-0.2, -0.15) is 0 Å². The molecule has 2 atom stereocenters. The third kappa shape index (κ3) is 5.70. The number of esters is 1. The SMILES string of the molecule is CC(C)OC(=O)/C=C(\C#C[Si](C)(C)C)[C@@H]1CN1C(c1ccccc1)(c1ccccc1)c1ccccc1. The first kappa shape index (κ1) is 25.7. The second-order valence-corrected chi connectivity index (χ2v) is 15.3. The molecular formula is C32H35NO2Si. The molecule has 0 radical (unpaired) electrons. The van der Waals surface area contributed by atoms with E-state index in [1.54, 1.807) is 6.08 Å². The lowest BCUT2D eigenvalue weighted by atomic mass is 9.76. The van der Waals surface area contributed by atoms with Crippen molar-refractivity contribution in [1.29, 1.82) is 0 Å². The Morgan fingerprint density at radius 1 is 0.889 bits per heavy atom. The molecule has 184 valence electrons. The summed E-state index contributed by atoms with van der Waals surface area (Å²) in [5, 5.41) is 0. The zero-order chi connectivity index (χ0) is 25.8. The predicted molar refractivity (Wildman–Crippen MR) is 150 cm³/mol. The van der Waals surface area contributed by atoms with Crippen LogP contribution in [-0.4, -0.2) is 37.6 Å². The summed E-state index contributed by atoms with van der Waals surface area (Å²) < 4.78 is 5.48. The molecule has 4 rings (SSSR count). The van der Waals surface area contributed by atoms with Gasteiger partial charge in [0.15, 0.2) is 0 Å². The second kappa shape index (κ2) is 10.7. The molecule has 3 aromatic carbocycles. The van der Waals surface area contributed by atoms with Crippen molar-refractivity contribution in [2.45, 2.75) is 51.2 Å². The van der Waals surface area contributed by atoms with Crippen LogP contribution in [0, 0.1) is 11.5 Å². The van der Waals surface area contributed by atoms with Gasteiger partial charge in [-0.3, -0.25) is 4.90 Å².